The molecule has 2 aromatic heterocycles. The minimum Gasteiger partial charge on any atom is -0.321 e. The second kappa shape index (κ2) is 8.42. The molecule has 0 spiro atoms. The van der Waals surface area contributed by atoms with Gasteiger partial charge < -0.3 is 5.32 Å². The Morgan fingerprint density at radius 2 is 1.87 bits per heavy atom. The SMILES string of the molecule is Cc1c(Cl)cccc1NC(=O)c1sc2ncn(CCc3ccccc3)c(=O)c2c1C. The van der Waals surface area contributed by atoms with Crippen molar-refractivity contribution in [3.8, 4) is 0 Å². The van der Waals surface area contributed by atoms with Gasteiger partial charge in [-0.2, -0.15) is 0 Å². The fourth-order valence-electron chi connectivity index (χ4n) is 3.35. The van der Waals surface area contributed by atoms with Crippen LogP contribution in [0.25, 0.3) is 10.2 Å². The molecule has 4 aromatic rings. The lowest BCUT2D eigenvalue weighted by molar-refractivity contribution is 0.103. The molecule has 2 heterocycles. The van der Waals surface area contributed by atoms with Gasteiger partial charge in [0.25, 0.3) is 11.5 Å². The quantitative estimate of drug-likeness (QED) is 0.465. The summed E-state index contributed by atoms with van der Waals surface area (Å²) < 4.78 is 1.61. The molecule has 0 aliphatic carbocycles. The number of aromatic nitrogens is 2. The van der Waals surface area contributed by atoms with Crippen LogP contribution in [-0.2, 0) is 13.0 Å². The highest BCUT2D eigenvalue weighted by Crippen LogP contribution is 2.29. The van der Waals surface area contributed by atoms with E-state index in [0.717, 1.165) is 17.5 Å². The van der Waals surface area contributed by atoms with Crippen LogP contribution >= 0.6 is 22.9 Å². The van der Waals surface area contributed by atoms with E-state index in [1.165, 1.54) is 11.3 Å². The number of carbonyl (C=O) groups is 1. The van der Waals surface area contributed by atoms with Crippen LogP contribution in [0.2, 0.25) is 5.02 Å². The lowest BCUT2D eigenvalue weighted by Crippen LogP contribution is -2.21. The van der Waals surface area contributed by atoms with Crippen molar-refractivity contribution in [2.45, 2.75) is 26.8 Å². The van der Waals surface area contributed by atoms with Crippen molar-refractivity contribution < 1.29 is 4.79 Å². The number of nitrogens with zero attached hydrogens (tertiary/aromatic N) is 2. The van der Waals surface area contributed by atoms with Crippen molar-refractivity contribution >= 4 is 44.7 Å². The van der Waals surface area contributed by atoms with Crippen LogP contribution in [0.4, 0.5) is 5.69 Å². The van der Waals surface area contributed by atoms with Gasteiger partial charge in [-0.15, -0.1) is 11.3 Å². The summed E-state index contributed by atoms with van der Waals surface area (Å²) in [6.45, 7) is 4.18. The zero-order chi connectivity index (χ0) is 21.3. The summed E-state index contributed by atoms with van der Waals surface area (Å²) in [6.07, 6.45) is 2.30. The second-order valence-electron chi connectivity index (χ2n) is 7.08. The van der Waals surface area contributed by atoms with E-state index >= 15 is 0 Å². The lowest BCUT2D eigenvalue weighted by atomic mass is 10.1. The molecule has 2 aromatic carbocycles. The number of thiophene rings is 1. The molecule has 0 radical (unpaired) electrons. The molecule has 0 saturated carbocycles. The summed E-state index contributed by atoms with van der Waals surface area (Å²) in [5.41, 5.74) is 3.13. The Bertz CT molecular complexity index is 1300. The molecule has 0 bridgehead atoms. The molecule has 0 unspecified atom stereocenters. The molecule has 0 aliphatic heterocycles. The van der Waals surface area contributed by atoms with Gasteiger partial charge in [0, 0.05) is 17.3 Å². The molecule has 152 valence electrons. The number of benzene rings is 2. The molecule has 30 heavy (non-hydrogen) atoms. The zero-order valence-corrected chi connectivity index (χ0v) is 18.2. The van der Waals surface area contributed by atoms with Crippen LogP contribution < -0.4 is 10.9 Å². The summed E-state index contributed by atoms with van der Waals surface area (Å²) in [5.74, 6) is -0.267. The normalized spacial score (nSPS) is 11.0. The fourth-order valence-corrected chi connectivity index (χ4v) is 4.56. The maximum absolute atomic E-state index is 13.0. The standard InChI is InChI=1S/C23H20ClN3O2S/c1-14-17(24)9-6-10-18(14)26-21(28)20-15(2)19-22(30-20)25-13-27(23(19)29)12-11-16-7-4-3-5-8-16/h3-10,13H,11-12H2,1-2H3,(H,26,28). The molecule has 0 atom stereocenters. The summed E-state index contributed by atoms with van der Waals surface area (Å²) in [7, 11) is 0. The van der Waals surface area contributed by atoms with E-state index in [-0.39, 0.29) is 11.5 Å². The largest absolute Gasteiger partial charge is 0.321 e. The molecule has 4 rings (SSSR count). The number of hydrogen-bond acceptors (Lipinski definition) is 4. The van der Waals surface area contributed by atoms with E-state index in [4.69, 9.17) is 11.6 Å². The van der Waals surface area contributed by atoms with Gasteiger partial charge in [0.15, 0.2) is 0 Å². The summed E-state index contributed by atoms with van der Waals surface area (Å²) in [6, 6.07) is 15.4. The number of fused-ring (bicyclic) bond motifs is 1. The summed E-state index contributed by atoms with van der Waals surface area (Å²) >= 11 is 7.38. The van der Waals surface area contributed by atoms with Crippen LogP contribution in [0.3, 0.4) is 0 Å². The minimum atomic E-state index is -0.267. The van der Waals surface area contributed by atoms with Crippen molar-refractivity contribution in [1.29, 1.82) is 0 Å². The first-order valence-corrected chi connectivity index (χ1v) is 10.7. The van der Waals surface area contributed by atoms with Gasteiger partial charge in [-0.05, 0) is 49.1 Å². The van der Waals surface area contributed by atoms with Gasteiger partial charge >= 0.3 is 0 Å². The third kappa shape index (κ3) is 3.88. The number of rotatable bonds is 5. The highest BCUT2D eigenvalue weighted by atomic mass is 35.5. The van der Waals surface area contributed by atoms with E-state index in [1.54, 1.807) is 36.0 Å². The Balaban J connectivity index is 1.63. The van der Waals surface area contributed by atoms with Crippen LogP contribution in [0, 0.1) is 13.8 Å². The smallest absolute Gasteiger partial charge is 0.266 e. The van der Waals surface area contributed by atoms with Crippen LogP contribution in [0.15, 0.2) is 59.7 Å². The average molecular weight is 438 g/mol. The van der Waals surface area contributed by atoms with Crippen molar-refractivity contribution in [3.63, 3.8) is 0 Å². The lowest BCUT2D eigenvalue weighted by Gasteiger charge is -2.09. The number of hydrogen-bond donors (Lipinski definition) is 1. The van der Waals surface area contributed by atoms with Gasteiger partial charge in [-0.1, -0.05) is 48.0 Å². The van der Waals surface area contributed by atoms with Crippen LogP contribution in [-0.4, -0.2) is 15.5 Å². The van der Waals surface area contributed by atoms with Crippen molar-refractivity contribution in [1.82, 2.24) is 9.55 Å². The molecule has 7 heteroatoms. The first kappa shape index (κ1) is 20.3. The van der Waals surface area contributed by atoms with E-state index in [0.29, 0.717) is 37.9 Å². The Morgan fingerprint density at radius 1 is 1.10 bits per heavy atom. The van der Waals surface area contributed by atoms with Crippen molar-refractivity contribution in [3.05, 3.63) is 91.8 Å². The predicted molar refractivity (Wildman–Crippen MR) is 123 cm³/mol. The third-order valence-corrected chi connectivity index (χ3v) is 6.73. The number of anilines is 1. The molecule has 1 N–H and O–H groups in total. The molecule has 0 fully saturated rings. The molecular weight excluding hydrogens is 418 g/mol. The molecule has 0 saturated heterocycles. The number of nitrogens with one attached hydrogen (secondary N) is 1. The van der Waals surface area contributed by atoms with E-state index < -0.39 is 0 Å². The molecule has 5 nitrogen and oxygen atoms in total. The van der Waals surface area contributed by atoms with Gasteiger partial charge in [0.05, 0.1) is 16.6 Å². The van der Waals surface area contributed by atoms with Crippen molar-refractivity contribution in [2.24, 2.45) is 0 Å². The zero-order valence-electron chi connectivity index (χ0n) is 16.6. The monoisotopic (exact) mass is 437 g/mol. The van der Waals surface area contributed by atoms with Crippen LogP contribution in [0.1, 0.15) is 26.4 Å². The van der Waals surface area contributed by atoms with E-state index in [1.807, 2.05) is 37.3 Å². The summed E-state index contributed by atoms with van der Waals surface area (Å²) in [4.78, 5) is 31.4. The topological polar surface area (TPSA) is 64.0 Å². The minimum absolute atomic E-state index is 0.123. The Kier molecular flexibility index (Phi) is 5.70. The fraction of sp³-hybridized carbons (Fsp3) is 0.174. The predicted octanol–water partition coefficient (Wildman–Crippen LogP) is 5.22. The van der Waals surface area contributed by atoms with Gasteiger partial charge in [-0.25, -0.2) is 4.98 Å². The second-order valence-corrected chi connectivity index (χ2v) is 8.49. The van der Waals surface area contributed by atoms with Gasteiger partial charge in [0.1, 0.15) is 4.83 Å². The highest BCUT2D eigenvalue weighted by Gasteiger charge is 2.20. The molecule has 1 amide bonds. The average Bonchev–Trinajstić information content (AvgIpc) is 3.09. The third-order valence-electron chi connectivity index (χ3n) is 5.12. The Morgan fingerprint density at radius 3 is 2.63 bits per heavy atom. The Labute approximate surface area is 183 Å². The van der Waals surface area contributed by atoms with Crippen LogP contribution in [0.5, 0.6) is 0 Å². The number of halogens is 1. The number of aryl methyl sites for hydroxylation is 3. The van der Waals surface area contributed by atoms with E-state index in [9.17, 15) is 9.59 Å². The van der Waals surface area contributed by atoms with E-state index in [2.05, 4.69) is 10.3 Å². The number of carbonyl (C=O) groups excluding carboxylic acids is 1. The maximum atomic E-state index is 13.0. The van der Waals surface area contributed by atoms with Crippen molar-refractivity contribution in [2.75, 3.05) is 5.32 Å². The maximum Gasteiger partial charge on any atom is 0.266 e. The van der Waals surface area contributed by atoms with Gasteiger partial charge in [-0.3, -0.25) is 14.2 Å². The van der Waals surface area contributed by atoms with Gasteiger partial charge in [0.2, 0.25) is 0 Å². The summed E-state index contributed by atoms with van der Waals surface area (Å²) in [5, 5.41) is 3.99. The molecular formula is C23H20ClN3O2S. The molecule has 0 aliphatic rings. The first-order chi connectivity index (χ1) is 14.5. The highest BCUT2D eigenvalue weighted by molar-refractivity contribution is 7.20. The first-order valence-electron chi connectivity index (χ1n) is 9.54. The number of amides is 1. The Hall–Kier alpha value is -2.96.